The molecule has 9 heteroatoms. The number of aromatic amines is 1. The van der Waals surface area contributed by atoms with Crippen LogP contribution in [0, 0.1) is 0 Å². The van der Waals surface area contributed by atoms with Crippen LogP contribution in [0.4, 0.5) is 5.82 Å². The average Bonchev–Trinajstić information content (AvgIpc) is 3.24. The fourth-order valence-corrected chi connectivity index (χ4v) is 5.10. The molecular weight excluding hydrogens is 402 g/mol. The molecule has 0 spiro atoms. The molecule has 4 aromatic heterocycles. The Labute approximate surface area is 185 Å². The van der Waals surface area contributed by atoms with Gasteiger partial charge in [0.05, 0.1) is 0 Å². The maximum Gasteiger partial charge on any atom is 0.160 e. The number of H-pyrrole nitrogens is 1. The fraction of sp³-hybridized carbons (Fsp3) is 0.478. The lowest BCUT2D eigenvalue weighted by molar-refractivity contribution is 0.471. The Kier molecular flexibility index (Phi) is 4.03. The van der Waals surface area contributed by atoms with Gasteiger partial charge in [0.2, 0.25) is 0 Å². The van der Waals surface area contributed by atoms with Gasteiger partial charge >= 0.3 is 0 Å². The van der Waals surface area contributed by atoms with Crippen LogP contribution in [0.2, 0.25) is 0 Å². The van der Waals surface area contributed by atoms with Gasteiger partial charge in [-0.05, 0) is 50.3 Å². The van der Waals surface area contributed by atoms with Gasteiger partial charge in [-0.15, -0.1) is 10.2 Å². The first-order chi connectivity index (χ1) is 15.8. The topological polar surface area (TPSA) is 101 Å². The van der Waals surface area contributed by atoms with E-state index in [0.29, 0.717) is 11.8 Å². The van der Waals surface area contributed by atoms with Crippen LogP contribution in [0.15, 0.2) is 24.4 Å². The van der Waals surface area contributed by atoms with E-state index in [1.165, 1.54) is 19.3 Å². The molecule has 0 amide bonds. The molecule has 9 nitrogen and oxygen atoms in total. The lowest BCUT2D eigenvalue weighted by Gasteiger charge is -2.33. The van der Waals surface area contributed by atoms with Gasteiger partial charge in [0.1, 0.15) is 34.5 Å². The number of hydrogen-bond acceptors (Lipinski definition) is 7. The first kappa shape index (κ1) is 18.2. The van der Waals surface area contributed by atoms with E-state index in [4.69, 9.17) is 15.0 Å². The summed E-state index contributed by atoms with van der Waals surface area (Å²) in [6, 6.07) is 6.05. The largest absolute Gasteiger partial charge is 0.356 e. The Morgan fingerprint density at radius 2 is 1.88 bits per heavy atom. The van der Waals surface area contributed by atoms with Crippen molar-refractivity contribution in [2.24, 2.45) is 0 Å². The zero-order valence-corrected chi connectivity index (χ0v) is 17.9. The van der Waals surface area contributed by atoms with Crippen LogP contribution in [-0.4, -0.2) is 52.8 Å². The molecule has 0 bridgehead atoms. The minimum absolute atomic E-state index is 0.403. The second-order valence-corrected chi connectivity index (χ2v) is 9.21. The van der Waals surface area contributed by atoms with E-state index >= 15 is 0 Å². The number of aromatic nitrogens is 8. The predicted octanol–water partition coefficient (Wildman–Crippen LogP) is 3.21. The van der Waals surface area contributed by atoms with Crippen molar-refractivity contribution in [1.29, 1.82) is 0 Å². The molecule has 7 rings (SSSR count). The molecule has 1 aliphatic carbocycles. The van der Waals surface area contributed by atoms with Crippen LogP contribution in [0.3, 0.4) is 0 Å². The number of hydrogen-bond donors (Lipinski definition) is 1. The number of aryl methyl sites for hydroxylation is 1. The number of fused-ring (bicyclic) bond motifs is 2. The van der Waals surface area contributed by atoms with E-state index < -0.39 is 0 Å². The van der Waals surface area contributed by atoms with Crippen molar-refractivity contribution >= 4 is 17.0 Å². The second kappa shape index (κ2) is 7.08. The SMILES string of the molecule is c1cc(-c2nc3ccc(N4CCC[C@@H](c5nnc6n5CCC6)C4)nc3[nH]2)nc(C2CC2)n1. The highest BCUT2D eigenvalue weighted by Gasteiger charge is 2.29. The molecule has 1 N–H and O–H groups in total. The highest BCUT2D eigenvalue weighted by molar-refractivity contribution is 5.77. The van der Waals surface area contributed by atoms with Crippen LogP contribution < -0.4 is 4.90 Å². The zero-order chi connectivity index (χ0) is 21.1. The first-order valence-corrected chi connectivity index (χ1v) is 11.7. The summed E-state index contributed by atoms with van der Waals surface area (Å²) >= 11 is 0. The van der Waals surface area contributed by atoms with Gasteiger partial charge in [0, 0.05) is 44.1 Å². The molecule has 2 aliphatic heterocycles. The standard InChI is InChI=1S/C23H25N9/c1-3-15(23-30-29-19-4-2-12-32(19)23)13-31(11-1)18-8-7-16-22(27-18)28-21(26-16)17-9-10-24-20(25-17)14-5-6-14/h7-10,14-15H,1-6,11-13H2,(H,26,27,28)/t15-/m1/s1. The molecule has 0 aromatic carbocycles. The number of pyridine rings is 1. The van der Waals surface area contributed by atoms with Crippen LogP contribution in [0.5, 0.6) is 0 Å². The van der Waals surface area contributed by atoms with Gasteiger partial charge in [0.15, 0.2) is 11.5 Å². The Balaban J connectivity index is 1.16. The van der Waals surface area contributed by atoms with E-state index in [9.17, 15) is 0 Å². The molecular formula is C23H25N9. The van der Waals surface area contributed by atoms with E-state index in [1.54, 1.807) is 0 Å². The third-order valence-corrected chi connectivity index (χ3v) is 6.94. The Bertz CT molecular complexity index is 1300. The minimum Gasteiger partial charge on any atom is -0.356 e. The van der Waals surface area contributed by atoms with Gasteiger partial charge in [-0.3, -0.25) is 0 Å². The van der Waals surface area contributed by atoms with Gasteiger partial charge in [-0.1, -0.05) is 0 Å². The Morgan fingerprint density at radius 3 is 2.81 bits per heavy atom. The molecule has 2 fully saturated rings. The quantitative estimate of drug-likeness (QED) is 0.534. The molecule has 0 unspecified atom stereocenters. The van der Waals surface area contributed by atoms with Crippen molar-refractivity contribution in [3.8, 4) is 11.5 Å². The second-order valence-electron chi connectivity index (χ2n) is 9.21. The molecule has 1 saturated carbocycles. The van der Waals surface area contributed by atoms with E-state index in [-0.39, 0.29) is 0 Å². The highest BCUT2D eigenvalue weighted by Crippen LogP contribution is 2.38. The van der Waals surface area contributed by atoms with E-state index in [1.807, 2.05) is 12.3 Å². The van der Waals surface area contributed by atoms with Gasteiger partial charge in [-0.2, -0.15) is 0 Å². The van der Waals surface area contributed by atoms with Gasteiger partial charge in [0.25, 0.3) is 0 Å². The number of imidazole rings is 1. The van der Waals surface area contributed by atoms with Crippen LogP contribution in [0.25, 0.3) is 22.7 Å². The maximum absolute atomic E-state index is 4.92. The summed E-state index contributed by atoms with van der Waals surface area (Å²) in [5.74, 6) is 5.89. The summed E-state index contributed by atoms with van der Waals surface area (Å²) in [5.41, 5.74) is 2.49. The molecule has 1 atom stereocenters. The fourth-order valence-electron chi connectivity index (χ4n) is 5.10. The Hall–Kier alpha value is -3.36. The molecule has 0 radical (unpaired) electrons. The monoisotopic (exact) mass is 427 g/mol. The summed E-state index contributed by atoms with van der Waals surface area (Å²) in [4.78, 5) is 24.6. The van der Waals surface area contributed by atoms with Gasteiger partial charge < -0.3 is 14.5 Å². The molecule has 6 heterocycles. The van der Waals surface area contributed by atoms with Crippen molar-refractivity contribution in [3.05, 3.63) is 41.9 Å². The summed E-state index contributed by atoms with van der Waals surface area (Å²) in [6.07, 6.45) is 8.72. The Morgan fingerprint density at radius 1 is 0.906 bits per heavy atom. The third-order valence-electron chi connectivity index (χ3n) is 6.94. The maximum atomic E-state index is 4.92. The number of piperidine rings is 1. The molecule has 162 valence electrons. The summed E-state index contributed by atoms with van der Waals surface area (Å²) in [5, 5.41) is 8.96. The van der Waals surface area contributed by atoms with E-state index in [2.05, 4.69) is 41.8 Å². The molecule has 32 heavy (non-hydrogen) atoms. The van der Waals surface area contributed by atoms with Crippen molar-refractivity contribution in [2.45, 2.75) is 56.9 Å². The lowest BCUT2D eigenvalue weighted by Crippen LogP contribution is -2.35. The lowest BCUT2D eigenvalue weighted by atomic mass is 9.97. The predicted molar refractivity (Wildman–Crippen MR) is 119 cm³/mol. The van der Waals surface area contributed by atoms with Crippen molar-refractivity contribution < 1.29 is 0 Å². The number of nitrogens with one attached hydrogen (secondary N) is 1. The van der Waals surface area contributed by atoms with Crippen LogP contribution >= 0.6 is 0 Å². The highest BCUT2D eigenvalue weighted by atomic mass is 15.3. The zero-order valence-electron chi connectivity index (χ0n) is 17.9. The van der Waals surface area contributed by atoms with Crippen LogP contribution in [0.1, 0.15) is 61.4 Å². The normalized spacial score (nSPS) is 20.8. The minimum atomic E-state index is 0.403. The number of rotatable bonds is 4. The summed E-state index contributed by atoms with van der Waals surface area (Å²) in [7, 11) is 0. The molecule has 1 saturated heterocycles. The van der Waals surface area contributed by atoms with Crippen molar-refractivity contribution in [3.63, 3.8) is 0 Å². The van der Waals surface area contributed by atoms with E-state index in [0.717, 1.165) is 84.9 Å². The molecule has 4 aromatic rings. The van der Waals surface area contributed by atoms with Gasteiger partial charge in [-0.25, -0.2) is 19.9 Å². The summed E-state index contributed by atoms with van der Waals surface area (Å²) in [6.45, 7) is 2.99. The van der Waals surface area contributed by atoms with Crippen molar-refractivity contribution in [2.75, 3.05) is 18.0 Å². The molecule has 3 aliphatic rings. The number of nitrogens with zero attached hydrogens (tertiary/aromatic N) is 8. The summed E-state index contributed by atoms with van der Waals surface area (Å²) < 4.78 is 2.34. The number of anilines is 1. The van der Waals surface area contributed by atoms with Crippen molar-refractivity contribution in [1.82, 2.24) is 39.7 Å². The average molecular weight is 428 g/mol. The van der Waals surface area contributed by atoms with Crippen LogP contribution in [-0.2, 0) is 13.0 Å². The smallest absolute Gasteiger partial charge is 0.160 e. The third kappa shape index (κ3) is 3.06. The first-order valence-electron chi connectivity index (χ1n) is 11.7.